The molecule has 0 saturated carbocycles. The van der Waals surface area contributed by atoms with Crippen molar-refractivity contribution >= 4 is 48.8 Å². The second-order valence-electron chi connectivity index (χ2n) is 8.41. The fourth-order valence-electron chi connectivity index (χ4n) is 4.34. The van der Waals surface area contributed by atoms with E-state index in [0.717, 1.165) is 27.8 Å². The maximum atomic E-state index is 13.4. The van der Waals surface area contributed by atoms with Gasteiger partial charge < -0.3 is 9.64 Å². The van der Waals surface area contributed by atoms with Crippen molar-refractivity contribution < 1.29 is 17.3 Å². The molecular weight excluding hydrogens is 508 g/mol. The number of thiophene rings is 1. The smallest absolute Gasteiger partial charge is 0.273 e. The highest BCUT2D eigenvalue weighted by Gasteiger charge is 2.28. The third-order valence-electron chi connectivity index (χ3n) is 5.94. The van der Waals surface area contributed by atoms with Crippen molar-refractivity contribution in [3.63, 3.8) is 0 Å². The number of ether oxygens (including phenoxy) is 1. The zero-order chi connectivity index (χ0) is 24.7. The van der Waals surface area contributed by atoms with Crippen LogP contribution >= 0.6 is 22.9 Å². The van der Waals surface area contributed by atoms with Gasteiger partial charge in [-0.1, -0.05) is 23.7 Å². The van der Waals surface area contributed by atoms with E-state index < -0.39 is 16.2 Å². The Morgan fingerprint density at radius 2 is 1.86 bits per heavy atom. The summed E-state index contributed by atoms with van der Waals surface area (Å²) in [6, 6.07) is 17.1. The molecule has 1 aliphatic rings. The molecule has 0 amide bonds. The van der Waals surface area contributed by atoms with Gasteiger partial charge in [0, 0.05) is 40.6 Å². The lowest BCUT2D eigenvalue weighted by atomic mass is 10.2. The molecule has 0 N–H and O–H groups in total. The van der Waals surface area contributed by atoms with Gasteiger partial charge in [0.2, 0.25) is 0 Å². The second-order valence-corrected chi connectivity index (χ2v) is 11.5. The standard InChI is InChI=1S/C25H23ClN2O5S2/c1-32-22-14-19(7-8-21(22)27-11-10-20(15-27)33-35(2,30)31)28-12-9-17-13-23(34-24(17)25(28)29)16-3-5-18(26)6-4-16/h3-9,12-14,20H,10-11,15H2,1-2H3. The lowest BCUT2D eigenvalue weighted by Gasteiger charge is -2.22. The van der Waals surface area contributed by atoms with Crippen molar-refractivity contribution in [1.29, 1.82) is 0 Å². The van der Waals surface area contributed by atoms with E-state index in [4.69, 9.17) is 20.5 Å². The summed E-state index contributed by atoms with van der Waals surface area (Å²) in [7, 11) is -1.94. The number of rotatable bonds is 6. The maximum Gasteiger partial charge on any atom is 0.273 e. The van der Waals surface area contributed by atoms with E-state index in [9.17, 15) is 13.2 Å². The number of halogens is 1. The Hall–Kier alpha value is -2.85. The van der Waals surface area contributed by atoms with Crippen LogP contribution in [0.15, 0.2) is 65.6 Å². The Morgan fingerprint density at radius 1 is 1.09 bits per heavy atom. The molecule has 0 aliphatic carbocycles. The Labute approximate surface area is 212 Å². The van der Waals surface area contributed by atoms with Gasteiger partial charge in [-0.25, -0.2) is 0 Å². The first-order valence-electron chi connectivity index (χ1n) is 10.9. The van der Waals surface area contributed by atoms with Gasteiger partial charge in [0.25, 0.3) is 15.7 Å². The van der Waals surface area contributed by atoms with Crippen LogP contribution in [0, 0.1) is 0 Å². The van der Waals surface area contributed by atoms with Crippen molar-refractivity contribution in [3.05, 3.63) is 76.2 Å². The van der Waals surface area contributed by atoms with Gasteiger partial charge in [-0.05, 0) is 48.4 Å². The third-order valence-corrected chi connectivity index (χ3v) is 8.01. The zero-order valence-electron chi connectivity index (χ0n) is 19.1. The Morgan fingerprint density at radius 3 is 2.57 bits per heavy atom. The van der Waals surface area contributed by atoms with Gasteiger partial charge in [0.1, 0.15) is 10.4 Å². The topological polar surface area (TPSA) is 77.8 Å². The summed E-state index contributed by atoms with van der Waals surface area (Å²) in [5.74, 6) is 0.600. The molecule has 1 atom stereocenters. The number of aromatic nitrogens is 1. The highest BCUT2D eigenvalue weighted by Crippen LogP contribution is 2.35. The predicted molar refractivity (Wildman–Crippen MR) is 141 cm³/mol. The van der Waals surface area contributed by atoms with Crippen LogP contribution in [0.1, 0.15) is 6.42 Å². The monoisotopic (exact) mass is 530 g/mol. The molecule has 1 unspecified atom stereocenters. The van der Waals surface area contributed by atoms with E-state index in [1.54, 1.807) is 17.9 Å². The molecule has 3 heterocycles. The number of anilines is 1. The zero-order valence-corrected chi connectivity index (χ0v) is 21.5. The van der Waals surface area contributed by atoms with Crippen LogP contribution in [-0.4, -0.2) is 45.5 Å². The van der Waals surface area contributed by atoms with Gasteiger partial charge in [0.15, 0.2) is 0 Å². The van der Waals surface area contributed by atoms with E-state index in [2.05, 4.69) is 0 Å². The summed E-state index contributed by atoms with van der Waals surface area (Å²) >= 11 is 7.46. The lowest BCUT2D eigenvalue weighted by Crippen LogP contribution is -2.25. The first-order chi connectivity index (χ1) is 16.7. The van der Waals surface area contributed by atoms with Crippen molar-refractivity contribution in [2.45, 2.75) is 12.5 Å². The lowest BCUT2D eigenvalue weighted by molar-refractivity contribution is 0.234. The molecule has 0 spiro atoms. The molecule has 0 bridgehead atoms. The summed E-state index contributed by atoms with van der Waals surface area (Å²) in [5, 5.41) is 1.56. The van der Waals surface area contributed by atoms with Crippen molar-refractivity contribution in [1.82, 2.24) is 4.57 Å². The highest BCUT2D eigenvalue weighted by molar-refractivity contribution is 7.86. The molecule has 1 aliphatic heterocycles. The molecule has 182 valence electrons. The van der Waals surface area contributed by atoms with Gasteiger partial charge in [-0.2, -0.15) is 8.42 Å². The molecule has 0 radical (unpaired) electrons. The molecule has 4 aromatic rings. The number of fused-ring (bicyclic) bond motifs is 1. The Balaban J connectivity index is 1.46. The van der Waals surface area contributed by atoms with Gasteiger partial charge >= 0.3 is 0 Å². The van der Waals surface area contributed by atoms with Crippen LogP contribution in [-0.2, 0) is 14.3 Å². The van der Waals surface area contributed by atoms with Crippen LogP contribution in [0.25, 0.3) is 26.2 Å². The Kier molecular flexibility index (Phi) is 6.35. The molecule has 35 heavy (non-hydrogen) atoms. The SMILES string of the molecule is COc1cc(-n2ccc3cc(-c4ccc(Cl)cc4)sc3c2=O)ccc1N1CCC(OS(C)(=O)=O)C1. The largest absolute Gasteiger partial charge is 0.495 e. The van der Waals surface area contributed by atoms with E-state index in [1.165, 1.54) is 11.3 Å². The van der Waals surface area contributed by atoms with E-state index >= 15 is 0 Å². The van der Waals surface area contributed by atoms with Crippen LogP contribution < -0.4 is 15.2 Å². The number of benzene rings is 2. The summed E-state index contributed by atoms with van der Waals surface area (Å²) in [6.07, 6.45) is 3.03. The number of methoxy groups -OCH3 is 1. The second kappa shape index (κ2) is 9.31. The van der Waals surface area contributed by atoms with E-state index in [0.29, 0.717) is 40.7 Å². The molecule has 7 nitrogen and oxygen atoms in total. The average Bonchev–Trinajstić information content (AvgIpc) is 3.46. The number of nitrogens with zero attached hydrogens (tertiary/aromatic N) is 2. The minimum Gasteiger partial charge on any atom is -0.495 e. The molecule has 2 aromatic heterocycles. The molecule has 1 fully saturated rings. The van der Waals surface area contributed by atoms with Crippen LogP contribution in [0.2, 0.25) is 5.02 Å². The van der Waals surface area contributed by atoms with Crippen molar-refractivity contribution in [2.75, 3.05) is 31.4 Å². The van der Waals surface area contributed by atoms with Gasteiger partial charge in [0.05, 0.1) is 30.8 Å². The normalized spacial score (nSPS) is 16.2. The average molecular weight is 531 g/mol. The molecule has 1 saturated heterocycles. The maximum absolute atomic E-state index is 13.4. The highest BCUT2D eigenvalue weighted by atomic mass is 35.5. The molecule has 5 rings (SSSR count). The minimum atomic E-state index is -3.51. The van der Waals surface area contributed by atoms with Crippen LogP contribution in [0.3, 0.4) is 0 Å². The predicted octanol–water partition coefficient (Wildman–Crippen LogP) is 4.94. The first-order valence-corrected chi connectivity index (χ1v) is 14.0. The first kappa shape index (κ1) is 23.9. The summed E-state index contributed by atoms with van der Waals surface area (Å²) in [6.45, 7) is 1.09. The van der Waals surface area contributed by atoms with Crippen LogP contribution in [0.5, 0.6) is 5.75 Å². The molecule has 2 aromatic carbocycles. The fourth-order valence-corrected chi connectivity index (χ4v) is 6.21. The summed E-state index contributed by atoms with van der Waals surface area (Å²) in [5.41, 5.74) is 2.41. The number of hydrogen-bond acceptors (Lipinski definition) is 7. The quantitative estimate of drug-likeness (QED) is 0.329. The van der Waals surface area contributed by atoms with Crippen molar-refractivity contribution in [2.24, 2.45) is 0 Å². The van der Waals surface area contributed by atoms with E-state index in [-0.39, 0.29) is 5.56 Å². The van der Waals surface area contributed by atoms with Crippen LogP contribution in [0.4, 0.5) is 5.69 Å². The number of hydrogen-bond donors (Lipinski definition) is 0. The molecule has 10 heteroatoms. The third kappa shape index (κ3) is 4.95. The van der Waals surface area contributed by atoms with E-state index in [1.807, 2.05) is 59.5 Å². The van der Waals surface area contributed by atoms with Crippen molar-refractivity contribution in [3.8, 4) is 21.9 Å². The Bertz CT molecular complexity index is 1560. The molecular formula is C25H23ClN2O5S2. The fraction of sp³-hybridized carbons (Fsp3) is 0.240. The summed E-state index contributed by atoms with van der Waals surface area (Å²) in [4.78, 5) is 16.4. The van der Waals surface area contributed by atoms with Gasteiger partial charge in [-0.3, -0.25) is 13.5 Å². The minimum absolute atomic E-state index is 0.106. The number of pyridine rings is 1. The van der Waals surface area contributed by atoms with Gasteiger partial charge in [-0.15, -0.1) is 11.3 Å². The summed E-state index contributed by atoms with van der Waals surface area (Å²) < 4.78 is 36.0.